The summed E-state index contributed by atoms with van der Waals surface area (Å²) >= 11 is 13.3. The Morgan fingerprint density at radius 2 is 1.68 bits per heavy atom. The van der Waals surface area contributed by atoms with Crippen LogP contribution < -0.4 is 21.2 Å². The molecule has 15 heteroatoms. The summed E-state index contributed by atoms with van der Waals surface area (Å²) in [5.74, 6) is 3.72. The standard InChI is InChI=1S/C51H57Cl2FN6O6/c1-49(66)29-33(30-49)55-46(63)44-41(34-18-15-19-36(53)42(34)54)51(50(58(44)3)25-11-9-12-26-50)35-22-21-32(52)28-39(35)59(47(51)64)27-13-8-6-4-5-7-10-16-31-17-14-20-37-43(31)57(2)48(65)60(37)38-23-24-40(61)56-45(38)62/h14-15,17-22,28,33,38,41,44,66H,4-9,11-13,23-27,29-30H2,1-3H3,(H,55,63)(H,56,61,62)/t33-,38?,41-,44+,49+,51?/m0/s1. The van der Waals surface area contributed by atoms with Crippen LogP contribution in [-0.4, -0.2) is 79.6 Å². The molecule has 2 unspecified atom stereocenters. The number of nitrogens with one attached hydrogen (secondary N) is 2. The summed E-state index contributed by atoms with van der Waals surface area (Å²) in [5.41, 5.74) is 0.288. The third kappa shape index (κ3) is 7.56. The van der Waals surface area contributed by atoms with Crippen LogP contribution in [0.15, 0.2) is 59.4 Å². The summed E-state index contributed by atoms with van der Waals surface area (Å²) in [6.07, 6.45) is 10.1. The van der Waals surface area contributed by atoms with Crippen LogP contribution in [0.4, 0.5) is 10.1 Å². The number of anilines is 1. The van der Waals surface area contributed by atoms with E-state index in [0.717, 1.165) is 50.5 Å². The van der Waals surface area contributed by atoms with Crippen LogP contribution in [0.3, 0.4) is 0 Å². The number of aromatic nitrogens is 2. The third-order valence-electron chi connectivity index (χ3n) is 15.4. The number of hydrogen-bond donors (Lipinski definition) is 3. The van der Waals surface area contributed by atoms with Crippen LogP contribution in [0.2, 0.25) is 10.0 Å². The van der Waals surface area contributed by atoms with Crippen molar-refractivity contribution in [3.63, 3.8) is 0 Å². The number of halogens is 3. The first-order chi connectivity index (χ1) is 31.6. The molecule has 3 aliphatic heterocycles. The molecule has 9 rings (SSSR count). The van der Waals surface area contributed by atoms with Gasteiger partial charge in [-0.15, -0.1) is 0 Å². The Hall–Kier alpha value is -5.00. The smallest absolute Gasteiger partial charge is 0.329 e. The van der Waals surface area contributed by atoms with Gasteiger partial charge in [0.15, 0.2) is 0 Å². The maximum absolute atomic E-state index is 16.7. The monoisotopic (exact) mass is 938 g/mol. The third-order valence-corrected chi connectivity index (χ3v) is 15.9. The number of carbonyl (C=O) groups excluding carboxylic acids is 4. The molecule has 0 radical (unpaired) electrons. The SMILES string of the molecule is CN1[C@@H](C(=O)N[C@H]2C[C@@](C)(O)C2)[C@H](c2cccc(Cl)c2F)C2(C(=O)N(CCCCCCCC#Cc3cccc4c3n(C)c(=O)n4C3CCC(=O)NC3=O)c3cc(Cl)ccc32)C12CCCCC2. The number of likely N-dealkylation sites (N-methyl/N-ethyl adjacent to an activating group) is 1. The van der Waals surface area contributed by atoms with Gasteiger partial charge in [0, 0.05) is 54.6 Å². The number of amides is 4. The van der Waals surface area contributed by atoms with Crippen molar-refractivity contribution in [1.82, 2.24) is 24.7 Å². The topological polar surface area (TPSA) is 146 Å². The summed E-state index contributed by atoms with van der Waals surface area (Å²) in [6.45, 7) is 2.18. The first-order valence-electron chi connectivity index (χ1n) is 23.5. The first-order valence-corrected chi connectivity index (χ1v) is 24.2. The molecule has 4 aromatic rings. The summed E-state index contributed by atoms with van der Waals surface area (Å²) in [4.78, 5) is 72.4. The van der Waals surface area contributed by atoms with Crippen molar-refractivity contribution in [3.05, 3.63) is 97.6 Å². The number of likely N-dealkylation sites (tertiary alicyclic amines) is 1. The Labute approximate surface area is 394 Å². The fourth-order valence-electron chi connectivity index (χ4n) is 12.5. The van der Waals surface area contributed by atoms with Crippen LogP contribution in [0.25, 0.3) is 11.0 Å². The molecule has 2 saturated heterocycles. The molecule has 3 aromatic carbocycles. The summed E-state index contributed by atoms with van der Waals surface area (Å²) < 4.78 is 19.6. The number of piperidine rings is 1. The van der Waals surface area contributed by atoms with E-state index in [1.165, 1.54) is 15.2 Å². The number of aliphatic hydroxyl groups is 1. The highest BCUT2D eigenvalue weighted by Gasteiger charge is 2.76. The van der Waals surface area contributed by atoms with Gasteiger partial charge in [-0.1, -0.05) is 97.8 Å². The molecule has 3 N–H and O–H groups in total. The predicted molar refractivity (Wildman–Crippen MR) is 252 cm³/mol. The van der Waals surface area contributed by atoms with Crippen molar-refractivity contribution >= 4 is 63.6 Å². The average molecular weight is 940 g/mol. The Kier molecular flexibility index (Phi) is 12.5. The second-order valence-electron chi connectivity index (χ2n) is 19.5. The van der Waals surface area contributed by atoms with Crippen LogP contribution in [-0.2, 0) is 31.6 Å². The van der Waals surface area contributed by atoms with E-state index < -0.39 is 46.3 Å². The molecule has 5 aliphatic rings. The first kappa shape index (κ1) is 46.1. The number of aryl methyl sites for hydroxylation is 1. The fourth-order valence-corrected chi connectivity index (χ4v) is 12.8. The number of imide groups is 1. The van der Waals surface area contributed by atoms with Crippen molar-refractivity contribution in [3.8, 4) is 11.8 Å². The molecule has 4 atom stereocenters. The second-order valence-corrected chi connectivity index (χ2v) is 20.3. The highest BCUT2D eigenvalue weighted by molar-refractivity contribution is 6.31. The molecule has 348 valence electrons. The lowest BCUT2D eigenvalue weighted by atomic mass is 9.55. The number of benzene rings is 3. The Morgan fingerprint density at radius 3 is 2.42 bits per heavy atom. The van der Waals surface area contributed by atoms with Crippen LogP contribution in [0, 0.1) is 17.7 Å². The minimum absolute atomic E-state index is 0.0697. The zero-order valence-electron chi connectivity index (χ0n) is 37.7. The normalized spacial score (nSPS) is 27.0. The highest BCUT2D eigenvalue weighted by atomic mass is 35.5. The molecule has 2 aliphatic carbocycles. The number of nitrogens with zero attached hydrogens (tertiary/aromatic N) is 4. The minimum atomic E-state index is -1.33. The van der Waals surface area contributed by atoms with E-state index in [-0.39, 0.29) is 52.9 Å². The molecule has 0 bridgehead atoms. The van der Waals surface area contributed by atoms with Gasteiger partial charge in [0.25, 0.3) is 0 Å². The van der Waals surface area contributed by atoms with Crippen LogP contribution in [0.1, 0.15) is 132 Å². The Morgan fingerprint density at radius 1 is 0.955 bits per heavy atom. The van der Waals surface area contributed by atoms with Crippen molar-refractivity contribution in [2.24, 2.45) is 7.05 Å². The molecular formula is C51H57Cl2FN6O6. The van der Waals surface area contributed by atoms with Crippen LogP contribution in [0.5, 0.6) is 0 Å². The van der Waals surface area contributed by atoms with Gasteiger partial charge in [-0.2, -0.15) is 0 Å². The summed E-state index contributed by atoms with van der Waals surface area (Å²) in [6, 6.07) is 14.0. The van der Waals surface area contributed by atoms with E-state index in [9.17, 15) is 24.3 Å². The van der Waals surface area contributed by atoms with Gasteiger partial charge in [0.2, 0.25) is 23.6 Å². The van der Waals surface area contributed by atoms with E-state index in [1.54, 1.807) is 38.2 Å². The predicted octanol–water partition coefficient (Wildman–Crippen LogP) is 7.57. The molecule has 4 fully saturated rings. The summed E-state index contributed by atoms with van der Waals surface area (Å²) in [7, 11) is 3.59. The lowest BCUT2D eigenvalue weighted by molar-refractivity contribution is -0.136. The quantitative estimate of drug-likeness (QED) is 0.0800. The lowest BCUT2D eigenvalue weighted by Gasteiger charge is -2.50. The Balaban J connectivity index is 0.926. The van der Waals surface area contributed by atoms with Crippen molar-refractivity contribution in [2.45, 2.75) is 144 Å². The fraction of sp³-hybridized carbons (Fsp3) is 0.510. The number of unbranched alkanes of at least 4 members (excludes halogenated alkanes) is 5. The van der Waals surface area contributed by atoms with Gasteiger partial charge >= 0.3 is 5.69 Å². The van der Waals surface area contributed by atoms with Crippen molar-refractivity contribution in [2.75, 3.05) is 18.5 Å². The number of para-hydroxylation sites is 1. The minimum Gasteiger partial charge on any atom is -0.390 e. The lowest BCUT2D eigenvalue weighted by Crippen LogP contribution is -2.62. The van der Waals surface area contributed by atoms with E-state index in [1.807, 2.05) is 36.2 Å². The number of fused-ring (bicyclic) bond motifs is 4. The maximum atomic E-state index is 16.7. The van der Waals surface area contributed by atoms with Crippen molar-refractivity contribution < 1.29 is 28.7 Å². The van der Waals surface area contributed by atoms with Gasteiger partial charge in [0.05, 0.1) is 33.3 Å². The number of imidazole rings is 1. The van der Waals surface area contributed by atoms with E-state index >= 15 is 9.18 Å². The molecule has 4 heterocycles. The Bertz CT molecular complexity index is 2740. The van der Waals surface area contributed by atoms with Gasteiger partial charge in [-0.3, -0.25) is 38.5 Å². The van der Waals surface area contributed by atoms with E-state index in [4.69, 9.17) is 23.2 Å². The molecule has 4 amide bonds. The molecular weight excluding hydrogens is 883 g/mol. The zero-order chi connectivity index (χ0) is 46.7. The average Bonchev–Trinajstić information content (AvgIpc) is 3.76. The molecule has 12 nitrogen and oxygen atoms in total. The van der Waals surface area contributed by atoms with Gasteiger partial charge in [-0.25, -0.2) is 9.18 Å². The maximum Gasteiger partial charge on any atom is 0.329 e. The zero-order valence-corrected chi connectivity index (χ0v) is 39.2. The number of rotatable bonds is 11. The van der Waals surface area contributed by atoms with Gasteiger partial charge < -0.3 is 15.3 Å². The highest BCUT2D eigenvalue weighted by Crippen LogP contribution is 2.67. The molecule has 1 aromatic heterocycles. The second kappa shape index (κ2) is 17.9. The number of hydrogen-bond acceptors (Lipinski definition) is 7. The van der Waals surface area contributed by atoms with Crippen molar-refractivity contribution in [1.29, 1.82) is 0 Å². The largest absolute Gasteiger partial charge is 0.390 e. The number of carbonyl (C=O) groups is 4. The van der Waals surface area contributed by atoms with Crippen LogP contribution >= 0.6 is 23.2 Å². The van der Waals surface area contributed by atoms with Gasteiger partial charge in [-0.05, 0) is 100 Å². The molecule has 66 heavy (non-hydrogen) atoms. The van der Waals surface area contributed by atoms with Gasteiger partial charge in [0.1, 0.15) is 17.3 Å². The van der Waals surface area contributed by atoms with E-state index in [0.29, 0.717) is 72.4 Å². The van der Waals surface area contributed by atoms with E-state index in [2.05, 4.69) is 27.4 Å². The molecule has 2 spiro atoms. The molecule has 2 saturated carbocycles. The summed E-state index contributed by atoms with van der Waals surface area (Å²) in [5, 5.41) is 16.5.